The monoisotopic (exact) mass is 330 g/mol. The van der Waals surface area contributed by atoms with Gasteiger partial charge in [0.05, 0.1) is 0 Å². The fourth-order valence-electron chi connectivity index (χ4n) is 2.75. The molecule has 0 saturated heterocycles. The summed E-state index contributed by atoms with van der Waals surface area (Å²) in [7, 11) is -3.37. The molecule has 1 aromatic rings. The molecule has 1 saturated carbocycles. The van der Waals surface area contributed by atoms with Crippen LogP contribution in [-0.4, -0.2) is 21.0 Å². The highest BCUT2D eigenvalue weighted by molar-refractivity contribution is 7.91. The predicted molar refractivity (Wildman–Crippen MR) is 88.2 cm³/mol. The Morgan fingerprint density at radius 1 is 1.38 bits per heavy atom. The van der Waals surface area contributed by atoms with Crippen molar-refractivity contribution in [3.8, 4) is 0 Å². The van der Waals surface area contributed by atoms with Crippen LogP contribution in [0, 0.1) is 12.8 Å². The Hall–Kier alpha value is -0.430. The van der Waals surface area contributed by atoms with E-state index in [4.69, 9.17) is 0 Å². The molecule has 6 heteroatoms. The van der Waals surface area contributed by atoms with E-state index in [0.717, 1.165) is 49.2 Å². The molecule has 1 aliphatic carbocycles. The Kier molecular flexibility index (Phi) is 5.82. The first-order chi connectivity index (χ1) is 9.94. The second kappa shape index (κ2) is 7.22. The van der Waals surface area contributed by atoms with Gasteiger partial charge in [-0.25, -0.2) is 13.1 Å². The van der Waals surface area contributed by atoms with Gasteiger partial charge < -0.3 is 5.32 Å². The second-order valence-corrected chi connectivity index (χ2v) is 9.06. The van der Waals surface area contributed by atoms with Gasteiger partial charge in [0.15, 0.2) is 0 Å². The molecule has 0 spiro atoms. The molecule has 1 aliphatic rings. The lowest BCUT2D eigenvalue weighted by atomic mass is 10.1. The molecule has 1 heterocycles. The van der Waals surface area contributed by atoms with Crippen molar-refractivity contribution in [3.05, 3.63) is 16.5 Å². The summed E-state index contributed by atoms with van der Waals surface area (Å²) in [6.07, 6.45) is 4.26. The zero-order valence-electron chi connectivity index (χ0n) is 13.1. The first-order valence-electron chi connectivity index (χ1n) is 7.76. The third-order valence-electron chi connectivity index (χ3n) is 4.14. The van der Waals surface area contributed by atoms with Crippen molar-refractivity contribution in [2.75, 3.05) is 6.54 Å². The van der Waals surface area contributed by atoms with Gasteiger partial charge in [-0.3, -0.25) is 0 Å². The van der Waals surface area contributed by atoms with Crippen LogP contribution in [0.25, 0.3) is 0 Å². The normalized spacial score (nSPS) is 22.8. The summed E-state index contributed by atoms with van der Waals surface area (Å²) in [4.78, 5) is 1.11. The van der Waals surface area contributed by atoms with E-state index in [1.54, 1.807) is 6.07 Å². The lowest BCUT2D eigenvalue weighted by Gasteiger charge is -2.16. The summed E-state index contributed by atoms with van der Waals surface area (Å²) in [6.45, 7) is 7.93. The fraction of sp³-hybridized carbons (Fsp3) is 0.733. The van der Waals surface area contributed by atoms with Gasteiger partial charge in [0.1, 0.15) is 4.21 Å². The van der Waals surface area contributed by atoms with Crippen LogP contribution in [-0.2, 0) is 16.6 Å². The van der Waals surface area contributed by atoms with Crippen molar-refractivity contribution in [1.82, 2.24) is 10.0 Å². The van der Waals surface area contributed by atoms with Gasteiger partial charge in [-0.1, -0.05) is 20.3 Å². The number of rotatable bonds is 7. The minimum atomic E-state index is -3.37. The van der Waals surface area contributed by atoms with Crippen molar-refractivity contribution in [1.29, 1.82) is 0 Å². The molecule has 4 nitrogen and oxygen atoms in total. The number of sulfonamides is 1. The average Bonchev–Trinajstić information content (AvgIpc) is 2.98. The van der Waals surface area contributed by atoms with E-state index in [9.17, 15) is 8.42 Å². The highest BCUT2D eigenvalue weighted by Gasteiger charge is 2.29. The molecular weight excluding hydrogens is 304 g/mol. The van der Waals surface area contributed by atoms with Crippen LogP contribution >= 0.6 is 11.3 Å². The average molecular weight is 331 g/mol. The molecule has 1 aromatic heterocycles. The van der Waals surface area contributed by atoms with E-state index in [0.29, 0.717) is 10.1 Å². The Balaban J connectivity index is 2.07. The minimum absolute atomic E-state index is 0.0964. The maximum Gasteiger partial charge on any atom is 0.250 e. The third-order valence-corrected chi connectivity index (χ3v) is 7.34. The molecule has 0 aliphatic heterocycles. The Bertz CT molecular complexity index is 566. The first-order valence-corrected chi connectivity index (χ1v) is 10.1. The molecule has 21 heavy (non-hydrogen) atoms. The SMILES string of the molecule is CCCNCc1sc(S(=O)(=O)NC2CCCC2C)cc1C. The fourth-order valence-corrected chi connectivity index (χ4v) is 5.71. The summed E-state index contributed by atoms with van der Waals surface area (Å²) in [6, 6.07) is 1.90. The smallest absolute Gasteiger partial charge is 0.250 e. The van der Waals surface area contributed by atoms with Gasteiger partial charge in [-0.2, -0.15) is 0 Å². The van der Waals surface area contributed by atoms with Gasteiger partial charge >= 0.3 is 0 Å². The molecule has 0 bridgehead atoms. The van der Waals surface area contributed by atoms with Crippen LogP contribution in [0.5, 0.6) is 0 Å². The number of hydrogen-bond donors (Lipinski definition) is 2. The molecule has 2 N–H and O–H groups in total. The first kappa shape index (κ1) is 16.9. The minimum Gasteiger partial charge on any atom is -0.312 e. The van der Waals surface area contributed by atoms with E-state index in [-0.39, 0.29) is 6.04 Å². The van der Waals surface area contributed by atoms with Crippen molar-refractivity contribution < 1.29 is 8.42 Å². The van der Waals surface area contributed by atoms with E-state index < -0.39 is 10.0 Å². The molecule has 2 rings (SSSR count). The molecule has 0 amide bonds. The third kappa shape index (κ3) is 4.28. The molecule has 0 radical (unpaired) electrons. The largest absolute Gasteiger partial charge is 0.312 e. The van der Waals surface area contributed by atoms with Gasteiger partial charge in [-0.05, 0) is 50.3 Å². The van der Waals surface area contributed by atoms with Gasteiger partial charge in [0.2, 0.25) is 10.0 Å². The summed E-state index contributed by atoms with van der Waals surface area (Å²) in [5.41, 5.74) is 1.06. The standard InChI is InChI=1S/C15H26N2O2S2/c1-4-8-16-10-14-12(3)9-15(20-14)21(18,19)17-13-7-5-6-11(13)2/h9,11,13,16-17H,4-8,10H2,1-3H3. The summed E-state index contributed by atoms with van der Waals surface area (Å²) in [5, 5.41) is 3.33. The highest BCUT2D eigenvalue weighted by atomic mass is 32.2. The summed E-state index contributed by atoms with van der Waals surface area (Å²) in [5.74, 6) is 0.437. The number of nitrogens with one attached hydrogen (secondary N) is 2. The van der Waals surface area contributed by atoms with Crippen molar-refractivity contribution in [2.24, 2.45) is 5.92 Å². The van der Waals surface area contributed by atoms with Crippen LogP contribution in [0.1, 0.15) is 50.0 Å². The molecular formula is C15H26N2O2S2. The lowest BCUT2D eigenvalue weighted by Crippen LogP contribution is -2.36. The number of thiophene rings is 1. The van der Waals surface area contributed by atoms with Crippen molar-refractivity contribution >= 4 is 21.4 Å². The van der Waals surface area contributed by atoms with Crippen LogP contribution in [0.3, 0.4) is 0 Å². The quantitative estimate of drug-likeness (QED) is 0.756. The van der Waals surface area contributed by atoms with Gasteiger partial charge in [0.25, 0.3) is 0 Å². The van der Waals surface area contributed by atoms with E-state index >= 15 is 0 Å². The Labute approximate surface area is 132 Å². The number of hydrogen-bond acceptors (Lipinski definition) is 4. The van der Waals surface area contributed by atoms with Crippen LogP contribution < -0.4 is 10.0 Å². The summed E-state index contributed by atoms with van der Waals surface area (Å²) >= 11 is 1.39. The van der Waals surface area contributed by atoms with E-state index in [1.165, 1.54) is 11.3 Å². The maximum atomic E-state index is 12.5. The molecule has 1 fully saturated rings. The second-order valence-electron chi connectivity index (χ2n) is 5.98. The molecule has 0 aromatic carbocycles. The molecule has 2 atom stereocenters. The van der Waals surface area contributed by atoms with Crippen LogP contribution in [0.15, 0.2) is 10.3 Å². The molecule has 120 valence electrons. The van der Waals surface area contributed by atoms with Crippen molar-refractivity contribution in [3.63, 3.8) is 0 Å². The van der Waals surface area contributed by atoms with E-state index in [2.05, 4.69) is 23.9 Å². The van der Waals surface area contributed by atoms with Crippen molar-refractivity contribution in [2.45, 2.75) is 63.3 Å². The van der Waals surface area contributed by atoms with Gasteiger partial charge in [0, 0.05) is 17.5 Å². The Morgan fingerprint density at radius 2 is 2.14 bits per heavy atom. The number of aryl methyl sites for hydroxylation is 1. The zero-order valence-corrected chi connectivity index (χ0v) is 14.7. The topological polar surface area (TPSA) is 58.2 Å². The lowest BCUT2D eigenvalue weighted by molar-refractivity contribution is 0.477. The predicted octanol–water partition coefficient (Wildman–Crippen LogP) is 3.02. The zero-order chi connectivity index (χ0) is 15.5. The maximum absolute atomic E-state index is 12.5. The van der Waals surface area contributed by atoms with Crippen LogP contribution in [0.4, 0.5) is 0 Å². The highest BCUT2D eigenvalue weighted by Crippen LogP contribution is 2.29. The summed E-state index contributed by atoms with van der Waals surface area (Å²) < 4.78 is 28.4. The van der Waals surface area contributed by atoms with E-state index in [1.807, 2.05) is 6.92 Å². The van der Waals surface area contributed by atoms with Crippen LogP contribution in [0.2, 0.25) is 0 Å². The van der Waals surface area contributed by atoms with Gasteiger partial charge in [-0.15, -0.1) is 11.3 Å². The molecule has 2 unspecified atom stereocenters. The Morgan fingerprint density at radius 3 is 2.76 bits per heavy atom.